The number of para-hydroxylation sites is 1. The molecule has 3 rings (SSSR count). The highest BCUT2D eigenvalue weighted by Crippen LogP contribution is 2.23. The Kier molecular flexibility index (Phi) is 4.34. The number of nitriles is 1. The molecule has 1 fully saturated rings. The predicted octanol–water partition coefficient (Wildman–Crippen LogP) is 1.60. The lowest BCUT2D eigenvalue weighted by atomic mass is 10.2. The summed E-state index contributed by atoms with van der Waals surface area (Å²) in [7, 11) is -3.88. The number of amides is 1. The lowest BCUT2D eigenvalue weighted by Crippen LogP contribution is -2.52. The van der Waals surface area contributed by atoms with Crippen LogP contribution in [-0.4, -0.2) is 38.3 Å². The van der Waals surface area contributed by atoms with Gasteiger partial charge in [-0.15, -0.1) is 0 Å². The molecule has 0 unspecified atom stereocenters. The smallest absolute Gasteiger partial charge is 0.244 e. The molecule has 6 nitrogen and oxygen atoms in total. The standard InChI is InChI=1S/C17H15N3O3S/c18-12-14-6-4-5-9-16(14)24(22,23)19-10-11-20(17(21)13-19)15-7-2-1-3-8-15/h1-9H,10-11,13H2. The van der Waals surface area contributed by atoms with Gasteiger partial charge in [0.05, 0.1) is 17.0 Å². The van der Waals surface area contributed by atoms with Gasteiger partial charge in [0.15, 0.2) is 0 Å². The molecular weight excluding hydrogens is 326 g/mol. The summed E-state index contributed by atoms with van der Waals surface area (Å²) in [6.45, 7) is 0.219. The number of piperazine rings is 1. The third-order valence-electron chi connectivity index (χ3n) is 3.88. The first-order valence-corrected chi connectivity index (χ1v) is 8.83. The van der Waals surface area contributed by atoms with Gasteiger partial charge < -0.3 is 4.90 Å². The van der Waals surface area contributed by atoms with Crippen molar-refractivity contribution in [3.8, 4) is 6.07 Å². The number of benzene rings is 2. The van der Waals surface area contributed by atoms with Crippen LogP contribution in [0.5, 0.6) is 0 Å². The summed E-state index contributed by atoms with van der Waals surface area (Å²) in [5.41, 5.74) is 0.826. The quantitative estimate of drug-likeness (QED) is 0.849. The molecule has 0 aromatic heterocycles. The Balaban J connectivity index is 1.86. The maximum atomic E-state index is 12.8. The number of hydrogen-bond acceptors (Lipinski definition) is 4. The second kappa shape index (κ2) is 6.43. The summed E-state index contributed by atoms with van der Waals surface area (Å²) in [4.78, 5) is 13.9. The first kappa shape index (κ1) is 16.2. The van der Waals surface area contributed by atoms with Gasteiger partial charge in [0.25, 0.3) is 0 Å². The number of rotatable bonds is 3. The molecule has 0 bridgehead atoms. The van der Waals surface area contributed by atoms with Gasteiger partial charge in [-0.1, -0.05) is 30.3 Å². The summed E-state index contributed by atoms with van der Waals surface area (Å²) >= 11 is 0. The van der Waals surface area contributed by atoms with Crippen LogP contribution in [0.15, 0.2) is 59.5 Å². The van der Waals surface area contributed by atoms with E-state index in [1.165, 1.54) is 12.1 Å². The first-order chi connectivity index (χ1) is 11.5. The molecule has 0 atom stereocenters. The first-order valence-electron chi connectivity index (χ1n) is 7.39. The van der Waals surface area contributed by atoms with Crippen molar-refractivity contribution in [1.29, 1.82) is 5.26 Å². The largest absolute Gasteiger partial charge is 0.310 e. The maximum absolute atomic E-state index is 12.8. The summed E-state index contributed by atoms with van der Waals surface area (Å²) in [5, 5.41) is 9.11. The van der Waals surface area contributed by atoms with E-state index in [0.717, 1.165) is 9.99 Å². The Hall–Kier alpha value is -2.69. The van der Waals surface area contributed by atoms with Gasteiger partial charge in [-0.3, -0.25) is 4.79 Å². The Bertz CT molecular complexity index is 904. The summed E-state index contributed by atoms with van der Waals surface area (Å²) in [6, 6.07) is 17.0. The number of carbonyl (C=O) groups excluding carboxylic acids is 1. The number of nitrogens with zero attached hydrogens (tertiary/aromatic N) is 3. The number of carbonyl (C=O) groups is 1. The van der Waals surface area contributed by atoms with Crippen molar-refractivity contribution in [3.05, 3.63) is 60.2 Å². The van der Waals surface area contributed by atoms with Crippen molar-refractivity contribution in [3.63, 3.8) is 0 Å². The summed E-state index contributed by atoms with van der Waals surface area (Å²) in [6.07, 6.45) is 0. The average molecular weight is 341 g/mol. The van der Waals surface area contributed by atoms with Gasteiger partial charge in [-0.05, 0) is 24.3 Å². The molecule has 0 radical (unpaired) electrons. The molecule has 0 N–H and O–H groups in total. The predicted molar refractivity (Wildman–Crippen MR) is 88.7 cm³/mol. The van der Waals surface area contributed by atoms with E-state index < -0.39 is 10.0 Å². The van der Waals surface area contributed by atoms with E-state index in [0.29, 0.717) is 0 Å². The van der Waals surface area contributed by atoms with Crippen molar-refractivity contribution >= 4 is 21.6 Å². The maximum Gasteiger partial charge on any atom is 0.244 e. The zero-order valence-corrected chi connectivity index (χ0v) is 13.6. The Morgan fingerprint density at radius 1 is 0.958 bits per heavy atom. The number of hydrogen-bond donors (Lipinski definition) is 0. The van der Waals surface area contributed by atoms with Gasteiger partial charge in [0.1, 0.15) is 6.07 Å². The molecular formula is C17H15N3O3S. The van der Waals surface area contributed by atoms with E-state index in [4.69, 9.17) is 5.26 Å². The Morgan fingerprint density at radius 2 is 1.62 bits per heavy atom. The third kappa shape index (κ3) is 2.89. The van der Waals surface area contributed by atoms with Crippen LogP contribution >= 0.6 is 0 Å². The van der Waals surface area contributed by atoms with E-state index in [1.807, 2.05) is 36.4 Å². The second-order valence-electron chi connectivity index (χ2n) is 5.33. The van der Waals surface area contributed by atoms with E-state index in [1.54, 1.807) is 17.0 Å². The minimum Gasteiger partial charge on any atom is -0.310 e. The van der Waals surface area contributed by atoms with Crippen molar-refractivity contribution in [2.45, 2.75) is 4.90 Å². The second-order valence-corrected chi connectivity index (χ2v) is 7.23. The third-order valence-corrected chi connectivity index (χ3v) is 5.78. The zero-order valence-electron chi connectivity index (χ0n) is 12.8. The van der Waals surface area contributed by atoms with Crippen molar-refractivity contribution in [2.24, 2.45) is 0 Å². The Labute approximate surface area is 140 Å². The van der Waals surface area contributed by atoms with Gasteiger partial charge in [-0.25, -0.2) is 8.42 Å². The highest BCUT2D eigenvalue weighted by Gasteiger charge is 2.34. The van der Waals surface area contributed by atoms with Crippen molar-refractivity contribution in [1.82, 2.24) is 4.31 Å². The molecule has 1 saturated heterocycles. The van der Waals surface area contributed by atoms with Crippen LogP contribution in [0.1, 0.15) is 5.56 Å². The normalized spacial score (nSPS) is 16.0. The van der Waals surface area contributed by atoms with Crippen LogP contribution in [0.4, 0.5) is 5.69 Å². The minimum atomic E-state index is -3.88. The minimum absolute atomic E-state index is 0.0616. The molecule has 1 aliphatic heterocycles. The highest BCUT2D eigenvalue weighted by molar-refractivity contribution is 7.89. The summed E-state index contributed by atoms with van der Waals surface area (Å²) < 4.78 is 26.6. The molecule has 0 saturated carbocycles. The fourth-order valence-corrected chi connectivity index (χ4v) is 4.18. The van der Waals surface area contributed by atoms with Crippen LogP contribution in [0.2, 0.25) is 0 Å². The van der Waals surface area contributed by atoms with Crippen LogP contribution in [0.3, 0.4) is 0 Å². The average Bonchev–Trinajstić information content (AvgIpc) is 2.62. The summed E-state index contributed by atoms with van der Waals surface area (Å²) in [5.74, 6) is -0.287. The topological polar surface area (TPSA) is 81.5 Å². The van der Waals surface area contributed by atoms with Crippen molar-refractivity contribution < 1.29 is 13.2 Å². The molecule has 2 aromatic rings. The highest BCUT2D eigenvalue weighted by atomic mass is 32.2. The van der Waals surface area contributed by atoms with Crippen LogP contribution < -0.4 is 4.90 Å². The molecule has 0 aliphatic carbocycles. The fraction of sp³-hybridized carbons (Fsp3) is 0.176. The molecule has 24 heavy (non-hydrogen) atoms. The number of sulfonamides is 1. The molecule has 122 valence electrons. The van der Waals surface area contributed by atoms with Gasteiger partial charge in [0.2, 0.25) is 15.9 Å². The van der Waals surface area contributed by atoms with Gasteiger partial charge >= 0.3 is 0 Å². The molecule has 1 heterocycles. The van der Waals surface area contributed by atoms with Gasteiger partial charge in [0, 0.05) is 18.8 Å². The number of anilines is 1. The van der Waals surface area contributed by atoms with Gasteiger partial charge in [-0.2, -0.15) is 9.57 Å². The van der Waals surface area contributed by atoms with E-state index >= 15 is 0 Å². The van der Waals surface area contributed by atoms with E-state index in [-0.39, 0.29) is 36.0 Å². The lowest BCUT2D eigenvalue weighted by molar-refractivity contribution is -0.119. The van der Waals surface area contributed by atoms with Crippen LogP contribution in [0.25, 0.3) is 0 Å². The SMILES string of the molecule is N#Cc1ccccc1S(=O)(=O)N1CCN(c2ccccc2)C(=O)C1. The molecule has 1 amide bonds. The fourth-order valence-electron chi connectivity index (χ4n) is 2.66. The Morgan fingerprint density at radius 3 is 2.29 bits per heavy atom. The van der Waals surface area contributed by atoms with Crippen molar-refractivity contribution in [2.75, 3.05) is 24.5 Å². The van der Waals surface area contributed by atoms with Crippen LogP contribution in [-0.2, 0) is 14.8 Å². The lowest BCUT2D eigenvalue weighted by Gasteiger charge is -2.33. The monoisotopic (exact) mass is 341 g/mol. The zero-order chi connectivity index (χ0) is 17.2. The molecule has 7 heteroatoms. The molecule has 0 spiro atoms. The van der Waals surface area contributed by atoms with E-state index in [9.17, 15) is 13.2 Å². The molecule has 2 aromatic carbocycles. The molecule has 1 aliphatic rings. The van der Waals surface area contributed by atoms with Crippen LogP contribution in [0, 0.1) is 11.3 Å². The van der Waals surface area contributed by atoms with E-state index in [2.05, 4.69) is 0 Å².